The van der Waals surface area contributed by atoms with Gasteiger partial charge in [0.1, 0.15) is 0 Å². The van der Waals surface area contributed by atoms with Crippen molar-refractivity contribution in [1.29, 1.82) is 0 Å². The molecule has 1 saturated heterocycles. The Bertz CT molecular complexity index is 762. The van der Waals surface area contributed by atoms with Gasteiger partial charge in [0.2, 0.25) is 0 Å². The van der Waals surface area contributed by atoms with E-state index in [1.807, 2.05) is 30.0 Å². The number of hydrogen-bond donors (Lipinski definition) is 0. The number of benzene rings is 1. The van der Waals surface area contributed by atoms with Gasteiger partial charge in [0.15, 0.2) is 0 Å². The molecule has 1 fully saturated rings. The number of fused-ring (bicyclic) bond motifs is 1. The first-order chi connectivity index (χ1) is 11.7. The second-order valence-corrected chi connectivity index (χ2v) is 6.99. The van der Waals surface area contributed by atoms with Gasteiger partial charge < -0.3 is 4.90 Å². The molecule has 0 N–H and O–H groups in total. The second-order valence-electron chi connectivity index (χ2n) is 5.93. The highest BCUT2D eigenvalue weighted by molar-refractivity contribution is 7.18. The van der Waals surface area contributed by atoms with Gasteiger partial charge in [-0.2, -0.15) is 0 Å². The first-order valence-corrected chi connectivity index (χ1v) is 9.14. The van der Waals surface area contributed by atoms with E-state index < -0.39 is 0 Å². The highest BCUT2D eigenvalue weighted by Crippen LogP contribution is 2.34. The molecule has 2 heterocycles. The summed E-state index contributed by atoms with van der Waals surface area (Å²) < 4.78 is 1.25. The first-order valence-electron chi connectivity index (χ1n) is 8.33. The summed E-state index contributed by atoms with van der Waals surface area (Å²) >= 11 is 1.79. The summed E-state index contributed by atoms with van der Waals surface area (Å²) in [5.74, 6) is 0.572. The Kier molecular flexibility index (Phi) is 5.26. The molecule has 0 unspecified atom stereocenters. The Morgan fingerprint density at radius 2 is 2.08 bits per heavy atom. The molecule has 0 saturated carbocycles. The molecule has 0 aliphatic carbocycles. The molecule has 3 nitrogen and oxygen atoms in total. The van der Waals surface area contributed by atoms with Crippen molar-refractivity contribution in [3.8, 4) is 0 Å². The number of thiazole rings is 1. The summed E-state index contributed by atoms with van der Waals surface area (Å²) in [7, 11) is 0. The summed E-state index contributed by atoms with van der Waals surface area (Å²) in [5.41, 5.74) is 1.81. The van der Waals surface area contributed by atoms with E-state index in [4.69, 9.17) is 4.98 Å². The van der Waals surface area contributed by atoms with Crippen LogP contribution in [0, 0.1) is 0 Å². The molecule has 124 valence electrons. The van der Waals surface area contributed by atoms with Crippen LogP contribution < -0.4 is 0 Å². The average molecular weight is 338 g/mol. The molecule has 1 aliphatic rings. The van der Waals surface area contributed by atoms with Crippen molar-refractivity contribution < 1.29 is 4.79 Å². The monoisotopic (exact) mass is 338 g/mol. The summed E-state index contributed by atoms with van der Waals surface area (Å²) in [4.78, 5) is 19.3. The fourth-order valence-electron chi connectivity index (χ4n) is 3.04. The molecule has 1 amide bonds. The topological polar surface area (TPSA) is 33.2 Å². The second kappa shape index (κ2) is 7.58. The molecule has 0 radical (unpaired) electrons. The number of amides is 1. The summed E-state index contributed by atoms with van der Waals surface area (Å²) in [6.07, 6.45) is 9.15. The zero-order valence-electron chi connectivity index (χ0n) is 13.9. The van der Waals surface area contributed by atoms with Crippen molar-refractivity contribution in [2.45, 2.75) is 25.7 Å². The van der Waals surface area contributed by atoms with Crippen LogP contribution in [0.5, 0.6) is 0 Å². The third-order valence-electron chi connectivity index (χ3n) is 4.41. The number of para-hydroxylation sites is 1. The van der Waals surface area contributed by atoms with Gasteiger partial charge in [-0.05, 0) is 38.0 Å². The fraction of sp³-hybridized carbons (Fsp3) is 0.300. The van der Waals surface area contributed by atoms with Gasteiger partial charge in [-0.15, -0.1) is 11.3 Å². The van der Waals surface area contributed by atoms with Crippen LogP contribution >= 0.6 is 11.3 Å². The van der Waals surface area contributed by atoms with Crippen LogP contribution in [0.15, 0.2) is 60.7 Å². The molecular weight excluding hydrogens is 316 g/mol. The van der Waals surface area contributed by atoms with Crippen LogP contribution in [0.3, 0.4) is 0 Å². The minimum Gasteiger partial charge on any atom is -0.339 e. The van der Waals surface area contributed by atoms with Gasteiger partial charge in [-0.3, -0.25) is 4.79 Å². The Labute approximate surface area is 147 Å². The third kappa shape index (κ3) is 3.49. The third-order valence-corrected chi connectivity index (χ3v) is 5.61. The number of hydrogen-bond acceptors (Lipinski definition) is 3. The number of aromatic nitrogens is 1. The van der Waals surface area contributed by atoms with Gasteiger partial charge in [-0.25, -0.2) is 4.98 Å². The Hall–Kier alpha value is -2.20. The van der Waals surface area contributed by atoms with Gasteiger partial charge in [0.05, 0.1) is 15.2 Å². The SMILES string of the molecule is C=C/C=C\C(=C/C)C(=O)N1CCC(c2nc3ccccc3s2)CC1. The Morgan fingerprint density at radius 1 is 1.33 bits per heavy atom. The molecule has 0 bridgehead atoms. The quantitative estimate of drug-likeness (QED) is 0.598. The van der Waals surface area contributed by atoms with Gasteiger partial charge in [0.25, 0.3) is 5.91 Å². The van der Waals surface area contributed by atoms with E-state index in [2.05, 4.69) is 24.8 Å². The molecule has 4 heteroatoms. The summed E-state index contributed by atoms with van der Waals surface area (Å²) in [6.45, 7) is 7.13. The van der Waals surface area contributed by atoms with Crippen molar-refractivity contribution in [3.63, 3.8) is 0 Å². The van der Waals surface area contributed by atoms with Crippen molar-refractivity contribution in [1.82, 2.24) is 9.88 Å². The molecule has 1 aromatic carbocycles. The minimum atomic E-state index is 0.110. The Morgan fingerprint density at radius 3 is 2.75 bits per heavy atom. The predicted molar refractivity (Wildman–Crippen MR) is 101 cm³/mol. The van der Waals surface area contributed by atoms with Crippen LogP contribution in [0.1, 0.15) is 30.7 Å². The maximum atomic E-state index is 12.6. The Balaban J connectivity index is 1.66. The lowest BCUT2D eigenvalue weighted by Gasteiger charge is -2.31. The molecule has 1 aliphatic heterocycles. The zero-order valence-corrected chi connectivity index (χ0v) is 14.8. The van der Waals surface area contributed by atoms with Gasteiger partial charge in [-0.1, -0.05) is 36.9 Å². The predicted octanol–water partition coefficient (Wildman–Crippen LogP) is 4.69. The van der Waals surface area contributed by atoms with Crippen molar-refractivity contribution in [2.75, 3.05) is 13.1 Å². The number of nitrogens with zero attached hydrogens (tertiary/aromatic N) is 2. The van der Waals surface area contributed by atoms with Crippen LogP contribution in [0.4, 0.5) is 0 Å². The summed E-state index contributed by atoms with van der Waals surface area (Å²) in [6, 6.07) is 8.28. The molecule has 3 rings (SSSR count). The van der Waals surface area contributed by atoms with Crippen LogP contribution in [0.2, 0.25) is 0 Å². The number of rotatable bonds is 4. The van der Waals surface area contributed by atoms with E-state index in [1.54, 1.807) is 23.5 Å². The molecule has 1 aromatic heterocycles. The number of piperidine rings is 1. The average Bonchev–Trinajstić information content (AvgIpc) is 3.06. The number of carbonyl (C=O) groups excluding carboxylic acids is 1. The van der Waals surface area contributed by atoms with E-state index in [1.165, 1.54) is 9.71 Å². The maximum Gasteiger partial charge on any atom is 0.253 e. The highest BCUT2D eigenvalue weighted by Gasteiger charge is 2.26. The van der Waals surface area contributed by atoms with Crippen LogP contribution in [-0.2, 0) is 4.79 Å². The highest BCUT2D eigenvalue weighted by atomic mass is 32.1. The van der Waals surface area contributed by atoms with Gasteiger partial charge in [0, 0.05) is 24.6 Å². The minimum absolute atomic E-state index is 0.110. The van der Waals surface area contributed by atoms with E-state index in [-0.39, 0.29) is 5.91 Å². The van der Waals surface area contributed by atoms with E-state index in [0.717, 1.165) is 37.0 Å². The summed E-state index contributed by atoms with van der Waals surface area (Å²) in [5, 5.41) is 1.21. The van der Waals surface area contributed by atoms with E-state index in [0.29, 0.717) is 5.92 Å². The molecular formula is C20H22N2OS. The number of carbonyl (C=O) groups is 1. The van der Waals surface area contributed by atoms with Gasteiger partial charge >= 0.3 is 0 Å². The van der Waals surface area contributed by atoms with E-state index >= 15 is 0 Å². The van der Waals surface area contributed by atoms with Crippen molar-refractivity contribution in [3.05, 3.63) is 65.7 Å². The first kappa shape index (κ1) is 16.7. The normalized spacial score (nSPS) is 16.9. The van der Waals surface area contributed by atoms with Crippen molar-refractivity contribution >= 4 is 27.5 Å². The standard InChI is InChI=1S/C20H22N2OS/c1-3-5-8-15(4-2)20(23)22-13-11-16(12-14-22)19-21-17-9-6-7-10-18(17)24-19/h3-10,16H,1,11-14H2,2H3/b8-5-,15-4+. The number of likely N-dealkylation sites (tertiary alicyclic amines) is 1. The molecule has 0 atom stereocenters. The molecule has 0 spiro atoms. The molecule has 24 heavy (non-hydrogen) atoms. The smallest absolute Gasteiger partial charge is 0.253 e. The van der Waals surface area contributed by atoms with Crippen LogP contribution in [-0.4, -0.2) is 28.9 Å². The molecule has 2 aromatic rings. The lowest BCUT2D eigenvalue weighted by atomic mass is 9.97. The number of allylic oxidation sites excluding steroid dienone is 3. The maximum absolute atomic E-state index is 12.6. The largest absolute Gasteiger partial charge is 0.339 e. The van der Waals surface area contributed by atoms with Crippen LogP contribution in [0.25, 0.3) is 10.2 Å². The zero-order chi connectivity index (χ0) is 16.9. The lowest BCUT2D eigenvalue weighted by Crippen LogP contribution is -2.38. The van der Waals surface area contributed by atoms with E-state index in [9.17, 15) is 4.79 Å². The lowest BCUT2D eigenvalue weighted by molar-refractivity contribution is -0.127. The fourth-order valence-corrected chi connectivity index (χ4v) is 4.18. The van der Waals surface area contributed by atoms with Crippen molar-refractivity contribution in [2.24, 2.45) is 0 Å².